The molecule has 214 valence electrons. The van der Waals surface area contributed by atoms with Crippen LogP contribution < -0.4 is 0 Å². The highest BCUT2D eigenvalue weighted by Crippen LogP contribution is 2.54. The lowest BCUT2D eigenvalue weighted by Crippen LogP contribution is -2.17. The molecule has 0 aliphatic heterocycles. The molecule has 0 radical (unpaired) electrons. The summed E-state index contributed by atoms with van der Waals surface area (Å²) in [5.74, 6) is 0. The van der Waals surface area contributed by atoms with Crippen LogP contribution in [0.3, 0.4) is 0 Å². The largest absolute Gasteiger partial charge is 0.306 e. The van der Waals surface area contributed by atoms with Crippen molar-refractivity contribution in [1.29, 1.82) is 0 Å². The van der Waals surface area contributed by atoms with Crippen LogP contribution in [0.4, 0.5) is 0 Å². The Kier molecular flexibility index (Phi) is 4.60. The smallest absolute Gasteiger partial charge is 0.115 e. The Labute approximate surface area is 261 Å². The maximum Gasteiger partial charge on any atom is 0.115 e. The molecule has 3 aromatic heterocycles. The van der Waals surface area contributed by atoms with Crippen molar-refractivity contribution in [1.82, 2.24) is 14.5 Å². The second-order valence-electron chi connectivity index (χ2n) is 13.8. The molecule has 0 spiro atoms. The summed E-state index contributed by atoms with van der Waals surface area (Å²) in [6.07, 6.45) is 0. The first-order valence-corrected chi connectivity index (χ1v) is 15.9. The molecule has 3 heterocycles. The van der Waals surface area contributed by atoms with Gasteiger partial charge in [0.2, 0.25) is 0 Å². The lowest BCUT2D eigenvalue weighted by Gasteiger charge is -2.21. The molecule has 0 unspecified atom stereocenters. The van der Waals surface area contributed by atoms with E-state index in [1.807, 2.05) is 0 Å². The lowest BCUT2D eigenvalue weighted by atomic mass is 9.84. The molecule has 3 heteroatoms. The zero-order valence-electron chi connectivity index (χ0n) is 25.8. The zero-order chi connectivity index (χ0) is 30.2. The topological polar surface area (TPSA) is 30.7 Å². The van der Waals surface area contributed by atoms with Crippen LogP contribution in [-0.2, 0) is 10.8 Å². The first-order chi connectivity index (χ1) is 21.8. The summed E-state index contributed by atoms with van der Waals surface area (Å²) >= 11 is 0. The van der Waals surface area contributed by atoms with Gasteiger partial charge in [0.15, 0.2) is 0 Å². The van der Waals surface area contributed by atoms with Crippen LogP contribution in [0.25, 0.3) is 71.6 Å². The summed E-state index contributed by atoms with van der Waals surface area (Å²) < 4.78 is 2.39. The third kappa shape index (κ3) is 3.06. The van der Waals surface area contributed by atoms with Gasteiger partial charge in [-0.3, -0.25) is 0 Å². The van der Waals surface area contributed by atoms with Crippen molar-refractivity contribution in [3.63, 3.8) is 0 Å². The molecule has 0 amide bonds. The van der Waals surface area contributed by atoms with E-state index in [2.05, 4.69) is 148 Å². The predicted molar refractivity (Wildman–Crippen MR) is 187 cm³/mol. The van der Waals surface area contributed by atoms with E-state index < -0.39 is 0 Å². The van der Waals surface area contributed by atoms with E-state index in [4.69, 9.17) is 9.97 Å². The number of rotatable bonds is 1. The van der Waals surface area contributed by atoms with E-state index in [9.17, 15) is 0 Å². The van der Waals surface area contributed by atoms with Gasteiger partial charge in [0.25, 0.3) is 0 Å². The lowest BCUT2D eigenvalue weighted by molar-refractivity contribution is 0.638. The van der Waals surface area contributed by atoms with Crippen molar-refractivity contribution in [2.75, 3.05) is 0 Å². The molecule has 0 bridgehead atoms. The maximum absolute atomic E-state index is 5.59. The standard InChI is InChI=1S/C42H31N3/c1-41(2)31-20-18-24-12-8-10-16-27(24)35(31)29-22-33-37(43-39(29)41)38-34(45(33)26-14-6-5-7-15-26)23-30-36-28-17-11-9-13-25(28)19-21-32(36)42(3,4)40(30)44-38/h5-23H,1-4H3. The minimum absolute atomic E-state index is 0.227. The Bertz CT molecular complexity index is 2420. The number of benzene rings is 5. The van der Waals surface area contributed by atoms with Gasteiger partial charge in [0.1, 0.15) is 11.0 Å². The van der Waals surface area contributed by atoms with E-state index in [0.717, 1.165) is 39.1 Å². The fourth-order valence-corrected chi connectivity index (χ4v) is 8.43. The van der Waals surface area contributed by atoms with Gasteiger partial charge in [-0.2, -0.15) is 0 Å². The highest BCUT2D eigenvalue weighted by atomic mass is 15.0. The summed E-state index contributed by atoms with van der Waals surface area (Å²) in [4.78, 5) is 11.2. The minimum Gasteiger partial charge on any atom is -0.306 e. The molecule has 10 rings (SSSR count). The molecule has 45 heavy (non-hydrogen) atoms. The normalized spacial score (nSPS) is 15.5. The van der Waals surface area contributed by atoms with Gasteiger partial charge in [-0.25, -0.2) is 9.97 Å². The number of hydrogen-bond donors (Lipinski definition) is 0. The number of nitrogens with zero attached hydrogens (tertiary/aromatic N) is 3. The molecule has 3 nitrogen and oxygen atoms in total. The average Bonchev–Trinajstić information content (AvgIpc) is 3.59. The maximum atomic E-state index is 5.59. The first-order valence-electron chi connectivity index (χ1n) is 15.9. The molecule has 0 saturated carbocycles. The van der Waals surface area contributed by atoms with Gasteiger partial charge in [-0.1, -0.05) is 119 Å². The highest BCUT2D eigenvalue weighted by molar-refractivity contribution is 6.12. The molecule has 2 aliphatic carbocycles. The van der Waals surface area contributed by atoms with Crippen LogP contribution >= 0.6 is 0 Å². The van der Waals surface area contributed by atoms with E-state index >= 15 is 0 Å². The Morgan fingerprint density at radius 1 is 0.489 bits per heavy atom. The molecule has 0 N–H and O–H groups in total. The Morgan fingerprint density at radius 3 is 1.42 bits per heavy atom. The van der Waals surface area contributed by atoms with Gasteiger partial charge >= 0.3 is 0 Å². The molecule has 5 aromatic carbocycles. The van der Waals surface area contributed by atoms with Gasteiger partial charge in [-0.05, 0) is 68.1 Å². The van der Waals surface area contributed by atoms with Crippen LogP contribution in [0.5, 0.6) is 0 Å². The van der Waals surface area contributed by atoms with E-state index in [0.29, 0.717) is 0 Å². The van der Waals surface area contributed by atoms with Gasteiger partial charge in [-0.15, -0.1) is 0 Å². The van der Waals surface area contributed by atoms with Crippen molar-refractivity contribution in [2.24, 2.45) is 0 Å². The van der Waals surface area contributed by atoms with Crippen LogP contribution in [0, 0.1) is 0 Å². The van der Waals surface area contributed by atoms with Crippen molar-refractivity contribution >= 4 is 43.6 Å². The number of pyridine rings is 2. The van der Waals surface area contributed by atoms with Crippen molar-refractivity contribution in [2.45, 2.75) is 38.5 Å². The van der Waals surface area contributed by atoms with Crippen LogP contribution in [0.1, 0.15) is 50.2 Å². The molecular formula is C42H31N3. The van der Waals surface area contributed by atoms with E-state index in [1.54, 1.807) is 0 Å². The van der Waals surface area contributed by atoms with Crippen LogP contribution in [0.15, 0.2) is 115 Å². The Hall–Kier alpha value is -5.28. The average molecular weight is 578 g/mol. The molecule has 0 saturated heterocycles. The Balaban J connectivity index is 1.37. The third-order valence-electron chi connectivity index (χ3n) is 10.7. The fourth-order valence-electron chi connectivity index (χ4n) is 8.43. The predicted octanol–water partition coefficient (Wildman–Crippen LogP) is 10.5. The monoisotopic (exact) mass is 577 g/mol. The molecule has 8 aromatic rings. The first kappa shape index (κ1) is 25.1. The summed E-state index contributed by atoms with van der Waals surface area (Å²) in [6.45, 7) is 9.27. The number of aromatic nitrogens is 3. The van der Waals surface area contributed by atoms with Crippen molar-refractivity contribution < 1.29 is 0 Å². The van der Waals surface area contributed by atoms with Crippen molar-refractivity contribution in [3.05, 3.63) is 138 Å². The van der Waals surface area contributed by atoms with Gasteiger partial charge in [0, 0.05) is 27.6 Å². The molecule has 0 atom stereocenters. The second kappa shape index (κ2) is 8.25. The highest BCUT2D eigenvalue weighted by Gasteiger charge is 2.41. The number of fused-ring (bicyclic) bond motifs is 13. The van der Waals surface area contributed by atoms with Gasteiger partial charge in [0.05, 0.1) is 22.4 Å². The molecular weight excluding hydrogens is 546 g/mol. The summed E-state index contributed by atoms with van der Waals surface area (Å²) in [6, 6.07) is 42.1. The van der Waals surface area contributed by atoms with Crippen LogP contribution in [0.2, 0.25) is 0 Å². The van der Waals surface area contributed by atoms with E-state index in [1.165, 1.54) is 54.9 Å². The zero-order valence-corrected chi connectivity index (χ0v) is 25.8. The minimum atomic E-state index is -0.227. The SMILES string of the molecule is CC1(C)c2ccc3ccccc3c2-c2cc3c(nc21)c1nc2c(cc1n3-c1ccccc1)-c1c(ccc3ccccc13)C2(C)C. The summed E-state index contributed by atoms with van der Waals surface area (Å²) in [5, 5.41) is 5.09. The van der Waals surface area contributed by atoms with Crippen molar-refractivity contribution in [3.8, 4) is 27.9 Å². The molecule has 0 fully saturated rings. The Morgan fingerprint density at radius 2 is 0.933 bits per heavy atom. The summed E-state index contributed by atoms with van der Waals surface area (Å²) in [5.41, 5.74) is 14.8. The summed E-state index contributed by atoms with van der Waals surface area (Å²) in [7, 11) is 0. The fraction of sp³-hybridized carbons (Fsp3) is 0.143. The number of para-hydroxylation sites is 1. The van der Waals surface area contributed by atoms with E-state index in [-0.39, 0.29) is 10.8 Å². The molecule has 2 aliphatic rings. The van der Waals surface area contributed by atoms with Gasteiger partial charge < -0.3 is 4.57 Å². The number of hydrogen-bond acceptors (Lipinski definition) is 2. The second-order valence-corrected chi connectivity index (χ2v) is 13.8. The quantitative estimate of drug-likeness (QED) is 0.194. The third-order valence-corrected chi connectivity index (χ3v) is 10.7. The van der Waals surface area contributed by atoms with Crippen LogP contribution in [-0.4, -0.2) is 14.5 Å².